The maximum absolute atomic E-state index is 12.4. The van der Waals surface area contributed by atoms with Gasteiger partial charge in [0.15, 0.2) is 0 Å². The summed E-state index contributed by atoms with van der Waals surface area (Å²) in [5, 5.41) is 3.01. The van der Waals surface area contributed by atoms with Crippen LogP contribution >= 0.6 is 0 Å². The number of carbonyl (C=O) groups is 1. The molecule has 1 N–H and O–H groups in total. The molecule has 1 aliphatic rings. The van der Waals surface area contributed by atoms with Crippen LogP contribution in [-0.2, 0) is 14.2 Å². The van der Waals surface area contributed by atoms with Gasteiger partial charge in [0.1, 0.15) is 19.0 Å². The molecule has 1 saturated carbocycles. The molecule has 0 radical (unpaired) electrons. The first-order chi connectivity index (χ1) is 12.2. The molecule has 0 aromatic heterocycles. The van der Waals surface area contributed by atoms with Crippen LogP contribution in [0.25, 0.3) is 0 Å². The van der Waals surface area contributed by atoms with Gasteiger partial charge in [-0.15, -0.1) is 0 Å². The van der Waals surface area contributed by atoms with Crippen molar-refractivity contribution in [2.75, 3.05) is 13.9 Å². The summed E-state index contributed by atoms with van der Waals surface area (Å²) in [6.45, 7) is 4.19. The van der Waals surface area contributed by atoms with Crippen LogP contribution in [0.2, 0.25) is 0 Å². The van der Waals surface area contributed by atoms with E-state index in [4.69, 9.17) is 14.2 Å². The molecule has 1 fully saturated rings. The second kappa shape index (κ2) is 10.4. The van der Waals surface area contributed by atoms with Gasteiger partial charge in [0, 0.05) is 13.2 Å². The Kier molecular flexibility index (Phi) is 8.22. The van der Waals surface area contributed by atoms with E-state index in [0.717, 1.165) is 24.0 Å². The van der Waals surface area contributed by atoms with Crippen molar-refractivity contribution in [3.8, 4) is 0 Å². The maximum atomic E-state index is 12.4. The predicted molar refractivity (Wildman–Crippen MR) is 97.4 cm³/mol. The number of rotatable bonds is 8. The van der Waals surface area contributed by atoms with Crippen molar-refractivity contribution in [1.29, 1.82) is 0 Å². The number of nitrogens with one attached hydrogen (secondary N) is 1. The molecule has 5 heteroatoms. The summed E-state index contributed by atoms with van der Waals surface area (Å²) in [4.78, 5) is 12.4. The van der Waals surface area contributed by atoms with Crippen LogP contribution in [0.4, 0.5) is 4.79 Å². The Morgan fingerprint density at radius 1 is 1.24 bits per heavy atom. The van der Waals surface area contributed by atoms with Crippen molar-refractivity contribution in [2.45, 2.75) is 70.6 Å². The van der Waals surface area contributed by atoms with Gasteiger partial charge < -0.3 is 19.5 Å². The highest BCUT2D eigenvalue weighted by Gasteiger charge is 2.28. The molecule has 0 saturated heterocycles. The summed E-state index contributed by atoms with van der Waals surface area (Å²) in [5.74, 6) is 0. The number of methoxy groups -OCH3 is 1. The molecule has 5 nitrogen and oxygen atoms in total. The Labute approximate surface area is 151 Å². The van der Waals surface area contributed by atoms with Crippen LogP contribution in [0.5, 0.6) is 0 Å². The molecule has 2 atom stereocenters. The van der Waals surface area contributed by atoms with E-state index in [-0.39, 0.29) is 31.1 Å². The fourth-order valence-electron chi connectivity index (χ4n) is 3.39. The third kappa shape index (κ3) is 6.01. The topological polar surface area (TPSA) is 56.8 Å². The van der Waals surface area contributed by atoms with Crippen molar-refractivity contribution in [3.63, 3.8) is 0 Å². The van der Waals surface area contributed by atoms with E-state index in [0.29, 0.717) is 6.42 Å². The number of ether oxygens (including phenoxy) is 3. The molecule has 0 unspecified atom stereocenters. The zero-order valence-electron chi connectivity index (χ0n) is 15.6. The lowest BCUT2D eigenvalue weighted by atomic mass is 9.96. The number of hydrogen-bond acceptors (Lipinski definition) is 4. The fourth-order valence-corrected chi connectivity index (χ4v) is 3.39. The molecule has 0 aliphatic heterocycles. The van der Waals surface area contributed by atoms with Crippen molar-refractivity contribution in [2.24, 2.45) is 0 Å². The van der Waals surface area contributed by atoms with Gasteiger partial charge in [-0.05, 0) is 37.3 Å². The third-order valence-electron chi connectivity index (χ3n) is 4.79. The Morgan fingerprint density at radius 2 is 1.96 bits per heavy atom. The van der Waals surface area contributed by atoms with Crippen LogP contribution < -0.4 is 5.32 Å². The average Bonchev–Trinajstić information content (AvgIpc) is 2.63. The van der Waals surface area contributed by atoms with Crippen molar-refractivity contribution in [3.05, 3.63) is 35.4 Å². The molecule has 1 aromatic carbocycles. The number of benzene rings is 1. The molecular formula is C20H31NO4. The minimum atomic E-state index is -0.361. The second-order valence-corrected chi connectivity index (χ2v) is 6.68. The summed E-state index contributed by atoms with van der Waals surface area (Å²) in [6, 6.07) is 8.24. The standard InChI is InChI=1S/C20H31NO4/c1-4-18(25-20(22)21-16-11-6-5-7-12-16)19(24-14-23-3)17-13-9-8-10-15(17)2/h8-10,13,16,18-19H,4-7,11-12,14H2,1-3H3,(H,21,22)/t18-,19-/m0/s1. The van der Waals surface area contributed by atoms with Gasteiger partial charge in [-0.2, -0.15) is 0 Å². The first-order valence-electron chi connectivity index (χ1n) is 9.29. The minimum absolute atomic E-state index is 0.156. The number of carbonyl (C=O) groups excluding carboxylic acids is 1. The van der Waals surface area contributed by atoms with E-state index >= 15 is 0 Å². The summed E-state index contributed by atoms with van der Waals surface area (Å²) in [6.07, 6.45) is 5.28. The number of alkyl carbamates (subject to hydrolysis) is 1. The first-order valence-corrected chi connectivity index (χ1v) is 9.29. The van der Waals surface area contributed by atoms with E-state index < -0.39 is 0 Å². The van der Waals surface area contributed by atoms with Crippen molar-refractivity contribution >= 4 is 6.09 Å². The molecule has 1 aromatic rings. The molecule has 140 valence electrons. The van der Waals surface area contributed by atoms with Gasteiger partial charge in [0.2, 0.25) is 0 Å². The SMILES string of the molecule is CC[C@H](OC(=O)NC1CCCCC1)[C@@H](OCOC)c1ccccc1C. The Balaban J connectivity index is 2.04. The van der Waals surface area contributed by atoms with Gasteiger partial charge in [-0.25, -0.2) is 4.79 Å². The molecule has 0 heterocycles. The highest BCUT2D eigenvalue weighted by atomic mass is 16.7. The van der Waals surface area contributed by atoms with Gasteiger partial charge in [0.25, 0.3) is 0 Å². The Morgan fingerprint density at radius 3 is 2.60 bits per heavy atom. The fraction of sp³-hybridized carbons (Fsp3) is 0.650. The zero-order chi connectivity index (χ0) is 18.1. The molecular weight excluding hydrogens is 318 g/mol. The monoisotopic (exact) mass is 349 g/mol. The van der Waals surface area contributed by atoms with E-state index in [1.807, 2.05) is 38.1 Å². The molecule has 25 heavy (non-hydrogen) atoms. The van der Waals surface area contributed by atoms with E-state index in [1.54, 1.807) is 7.11 Å². The van der Waals surface area contributed by atoms with Crippen molar-refractivity contribution < 1.29 is 19.0 Å². The minimum Gasteiger partial charge on any atom is -0.443 e. The smallest absolute Gasteiger partial charge is 0.407 e. The lowest BCUT2D eigenvalue weighted by molar-refractivity contribution is -0.117. The predicted octanol–water partition coefficient (Wildman–Crippen LogP) is 4.49. The van der Waals surface area contributed by atoms with Crippen molar-refractivity contribution in [1.82, 2.24) is 5.32 Å². The van der Waals surface area contributed by atoms with Crippen LogP contribution in [0.3, 0.4) is 0 Å². The van der Waals surface area contributed by atoms with Crippen LogP contribution in [-0.4, -0.2) is 32.1 Å². The highest BCUT2D eigenvalue weighted by Crippen LogP contribution is 2.28. The molecule has 1 amide bonds. The molecule has 1 aliphatic carbocycles. The Hall–Kier alpha value is -1.59. The number of amides is 1. The quantitative estimate of drug-likeness (QED) is 0.702. The number of aryl methyl sites for hydroxylation is 1. The summed E-state index contributed by atoms with van der Waals surface area (Å²) < 4.78 is 16.7. The summed E-state index contributed by atoms with van der Waals surface area (Å²) in [5.41, 5.74) is 2.13. The van der Waals surface area contributed by atoms with Gasteiger partial charge >= 0.3 is 6.09 Å². The van der Waals surface area contributed by atoms with E-state index in [9.17, 15) is 4.79 Å². The zero-order valence-corrected chi connectivity index (χ0v) is 15.6. The lowest BCUT2D eigenvalue weighted by Gasteiger charge is -2.29. The number of hydrogen-bond donors (Lipinski definition) is 1. The maximum Gasteiger partial charge on any atom is 0.407 e. The average molecular weight is 349 g/mol. The first kappa shape index (κ1) is 19.7. The largest absolute Gasteiger partial charge is 0.443 e. The summed E-state index contributed by atoms with van der Waals surface area (Å²) >= 11 is 0. The normalized spacial score (nSPS) is 17.7. The van der Waals surface area contributed by atoms with Gasteiger partial charge in [0.05, 0.1) is 0 Å². The van der Waals surface area contributed by atoms with Crippen LogP contribution in [0.1, 0.15) is 62.7 Å². The third-order valence-corrected chi connectivity index (χ3v) is 4.79. The molecule has 2 rings (SSSR count). The molecule has 0 bridgehead atoms. The summed E-state index contributed by atoms with van der Waals surface area (Å²) in [7, 11) is 1.59. The van der Waals surface area contributed by atoms with Crippen LogP contribution in [0, 0.1) is 6.92 Å². The lowest BCUT2D eigenvalue weighted by Crippen LogP contribution is -2.39. The van der Waals surface area contributed by atoms with Gasteiger partial charge in [-0.3, -0.25) is 0 Å². The highest BCUT2D eigenvalue weighted by molar-refractivity contribution is 5.67. The molecule has 0 spiro atoms. The van der Waals surface area contributed by atoms with E-state index in [1.165, 1.54) is 19.3 Å². The van der Waals surface area contributed by atoms with Crippen LogP contribution in [0.15, 0.2) is 24.3 Å². The van der Waals surface area contributed by atoms with Gasteiger partial charge in [-0.1, -0.05) is 50.5 Å². The Bertz CT molecular complexity index is 528. The second-order valence-electron chi connectivity index (χ2n) is 6.68. The van der Waals surface area contributed by atoms with E-state index in [2.05, 4.69) is 5.32 Å².